The van der Waals surface area contributed by atoms with Gasteiger partial charge in [-0.25, -0.2) is 0 Å². The molecule has 2 aromatic rings. The first-order valence-electron chi connectivity index (χ1n) is 5.36. The summed E-state index contributed by atoms with van der Waals surface area (Å²) in [7, 11) is 1.51. The van der Waals surface area contributed by atoms with Gasteiger partial charge < -0.3 is 9.84 Å². The van der Waals surface area contributed by atoms with E-state index in [1.165, 1.54) is 13.3 Å². The van der Waals surface area contributed by atoms with Crippen molar-refractivity contribution >= 4 is 11.9 Å². The molecule has 5 nitrogen and oxygen atoms in total. The number of para-hydroxylation sites is 1. The molecular weight excluding hydrogens is 230 g/mol. The number of phenols is 1. The Morgan fingerprint density at radius 2 is 2.06 bits per heavy atom. The lowest BCUT2D eigenvalue weighted by Crippen LogP contribution is -1.92. The zero-order chi connectivity index (χ0) is 12.8. The molecule has 0 aliphatic heterocycles. The van der Waals surface area contributed by atoms with E-state index in [1.54, 1.807) is 42.7 Å². The summed E-state index contributed by atoms with van der Waals surface area (Å²) in [5, 5.41) is 13.9. The predicted molar refractivity (Wildman–Crippen MR) is 70.1 cm³/mol. The quantitative estimate of drug-likeness (QED) is 0.638. The number of hydrazone groups is 1. The molecule has 0 fully saturated rings. The molecule has 0 bridgehead atoms. The van der Waals surface area contributed by atoms with Crippen LogP contribution in [0, 0.1) is 0 Å². The van der Waals surface area contributed by atoms with E-state index in [4.69, 9.17) is 4.74 Å². The van der Waals surface area contributed by atoms with E-state index >= 15 is 0 Å². The predicted octanol–water partition coefficient (Wildman–Crippen LogP) is 2.24. The Morgan fingerprint density at radius 3 is 2.78 bits per heavy atom. The van der Waals surface area contributed by atoms with Gasteiger partial charge in [-0.1, -0.05) is 6.07 Å². The van der Waals surface area contributed by atoms with Crippen LogP contribution in [0.3, 0.4) is 0 Å². The van der Waals surface area contributed by atoms with Gasteiger partial charge in [0.1, 0.15) is 0 Å². The zero-order valence-electron chi connectivity index (χ0n) is 9.87. The lowest BCUT2D eigenvalue weighted by atomic mass is 10.2. The van der Waals surface area contributed by atoms with Gasteiger partial charge in [0.25, 0.3) is 0 Å². The Hall–Kier alpha value is -2.56. The molecule has 1 heterocycles. The maximum absolute atomic E-state index is 9.83. The molecule has 0 unspecified atom stereocenters. The second-order valence-electron chi connectivity index (χ2n) is 3.50. The minimum absolute atomic E-state index is 0.0697. The summed E-state index contributed by atoms with van der Waals surface area (Å²) in [6.07, 6.45) is 4.86. The molecule has 0 amide bonds. The Labute approximate surface area is 105 Å². The topological polar surface area (TPSA) is 66.7 Å². The van der Waals surface area contributed by atoms with Crippen molar-refractivity contribution in [1.82, 2.24) is 4.98 Å². The summed E-state index contributed by atoms with van der Waals surface area (Å²) >= 11 is 0. The van der Waals surface area contributed by atoms with Gasteiger partial charge in [0, 0.05) is 18.0 Å². The summed E-state index contributed by atoms with van der Waals surface area (Å²) in [4.78, 5) is 3.90. The smallest absolute Gasteiger partial charge is 0.166 e. The van der Waals surface area contributed by atoms with E-state index in [9.17, 15) is 5.11 Å². The van der Waals surface area contributed by atoms with Crippen LogP contribution in [0.25, 0.3) is 0 Å². The molecule has 0 aliphatic rings. The molecule has 1 aromatic carbocycles. The molecule has 0 radical (unpaired) electrons. The van der Waals surface area contributed by atoms with Gasteiger partial charge in [0.15, 0.2) is 11.5 Å². The SMILES string of the molecule is COc1cccc(C=NNc2ccncc2)c1O. The average Bonchev–Trinajstić information content (AvgIpc) is 2.42. The lowest BCUT2D eigenvalue weighted by Gasteiger charge is -2.05. The number of rotatable bonds is 4. The number of nitrogens with one attached hydrogen (secondary N) is 1. The van der Waals surface area contributed by atoms with Crippen LogP contribution in [-0.4, -0.2) is 23.4 Å². The first kappa shape index (κ1) is 11.9. The normalized spacial score (nSPS) is 10.5. The van der Waals surface area contributed by atoms with Crippen molar-refractivity contribution in [3.8, 4) is 11.5 Å². The number of anilines is 1. The van der Waals surface area contributed by atoms with Crippen LogP contribution < -0.4 is 10.2 Å². The molecule has 2 rings (SSSR count). The number of pyridine rings is 1. The van der Waals surface area contributed by atoms with Crippen LogP contribution in [0.4, 0.5) is 5.69 Å². The van der Waals surface area contributed by atoms with Crippen molar-refractivity contribution in [2.45, 2.75) is 0 Å². The average molecular weight is 243 g/mol. The first-order chi connectivity index (χ1) is 8.81. The van der Waals surface area contributed by atoms with Crippen LogP contribution in [0.15, 0.2) is 47.8 Å². The summed E-state index contributed by atoms with van der Waals surface area (Å²) in [5.41, 5.74) is 4.24. The minimum Gasteiger partial charge on any atom is -0.504 e. The summed E-state index contributed by atoms with van der Waals surface area (Å²) in [5.74, 6) is 0.489. The monoisotopic (exact) mass is 243 g/mol. The van der Waals surface area contributed by atoms with E-state index in [-0.39, 0.29) is 5.75 Å². The summed E-state index contributed by atoms with van der Waals surface area (Å²) in [6, 6.07) is 8.80. The molecule has 18 heavy (non-hydrogen) atoms. The molecule has 2 N–H and O–H groups in total. The number of benzene rings is 1. The molecule has 1 aromatic heterocycles. The Balaban J connectivity index is 2.10. The van der Waals surface area contributed by atoms with Crippen LogP contribution in [0.2, 0.25) is 0 Å². The van der Waals surface area contributed by atoms with Gasteiger partial charge in [-0.15, -0.1) is 0 Å². The van der Waals surface area contributed by atoms with Crippen molar-refractivity contribution < 1.29 is 9.84 Å². The van der Waals surface area contributed by atoms with Crippen molar-refractivity contribution in [3.63, 3.8) is 0 Å². The van der Waals surface area contributed by atoms with Crippen molar-refractivity contribution in [1.29, 1.82) is 0 Å². The number of hydrogen-bond donors (Lipinski definition) is 2. The number of hydrogen-bond acceptors (Lipinski definition) is 5. The maximum Gasteiger partial charge on any atom is 0.166 e. The standard InChI is InChI=1S/C13H13N3O2/c1-18-12-4-2-3-10(13(12)17)9-15-16-11-5-7-14-8-6-11/h2-9,17H,1H3,(H,14,16). The number of phenolic OH excluding ortho intramolecular Hbond substituents is 1. The molecule has 92 valence electrons. The van der Waals surface area contributed by atoms with E-state index < -0.39 is 0 Å². The van der Waals surface area contributed by atoms with Gasteiger partial charge in [-0.3, -0.25) is 10.4 Å². The summed E-state index contributed by atoms with van der Waals surface area (Å²) < 4.78 is 5.01. The first-order valence-corrected chi connectivity index (χ1v) is 5.36. The maximum atomic E-state index is 9.83. The third-order valence-electron chi connectivity index (χ3n) is 2.33. The number of ether oxygens (including phenoxy) is 1. The van der Waals surface area contributed by atoms with Crippen molar-refractivity contribution in [2.75, 3.05) is 12.5 Å². The molecule has 0 aliphatic carbocycles. The molecule has 0 saturated heterocycles. The fraction of sp³-hybridized carbons (Fsp3) is 0.0769. The number of aromatic nitrogens is 1. The zero-order valence-corrected chi connectivity index (χ0v) is 9.87. The van der Waals surface area contributed by atoms with E-state index in [0.29, 0.717) is 11.3 Å². The Morgan fingerprint density at radius 1 is 1.28 bits per heavy atom. The number of nitrogens with zero attached hydrogens (tertiary/aromatic N) is 2. The number of methoxy groups -OCH3 is 1. The van der Waals surface area contributed by atoms with Crippen molar-refractivity contribution in [2.24, 2.45) is 5.10 Å². The van der Waals surface area contributed by atoms with Crippen molar-refractivity contribution in [3.05, 3.63) is 48.3 Å². The Kier molecular flexibility index (Phi) is 3.76. The second-order valence-corrected chi connectivity index (χ2v) is 3.50. The van der Waals surface area contributed by atoms with Gasteiger partial charge in [-0.2, -0.15) is 5.10 Å². The lowest BCUT2D eigenvalue weighted by molar-refractivity contribution is 0.373. The van der Waals surface area contributed by atoms with Gasteiger partial charge in [0.2, 0.25) is 0 Å². The van der Waals surface area contributed by atoms with Crippen LogP contribution in [0.1, 0.15) is 5.56 Å². The fourth-order valence-electron chi connectivity index (χ4n) is 1.41. The molecule has 0 spiro atoms. The van der Waals surface area contributed by atoms with E-state index in [0.717, 1.165) is 5.69 Å². The second kappa shape index (κ2) is 5.67. The fourth-order valence-corrected chi connectivity index (χ4v) is 1.41. The van der Waals surface area contributed by atoms with Gasteiger partial charge in [0.05, 0.1) is 19.0 Å². The molecule has 5 heteroatoms. The van der Waals surface area contributed by atoms with Crippen LogP contribution in [-0.2, 0) is 0 Å². The highest BCUT2D eigenvalue weighted by Crippen LogP contribution is 2.27. The Bertz CT molecular complexity index is 541. The summed E-state index contributed by atoms with van der Waals surface area (Å²) in [6.45, 7) is 0. The van der Waals surface area contributed by atoms with E-state index in [2.05, 4.69) is 15.5 Å². The third kappa shape index (κ3) is 2.76. The van der Waals surface area contributed by atoms with E-state index in [1.807, 2.05) is 0 Å². The highest BCUT2D eigenvalue weighted by molar-refractivity contribution is 5.85. The molecule has 0 atom stereocenters. The molecular formula is C13H13N3O2. The highest BCUT2D eigenvalue weighted by Gasteiger charge is 2.04. The minimum atomic E-state index is 0.0697. The largest absolute Gasteiger partial charge is 0.504 e. The van der Waals surface area contributed by atoms with Crippen LogP contribution in [0.5, 0.6) is 11.5 Å². The highest BCUT2D eigenvalue weighted by atomic mass is 16.5. The van der Waals surface area contributed by atoms with Gasteiger partial charge in [-0.05, 0) is 24.3 Å². The van der Waals surface area contributed by atoms with Gasteiger partial charge >= 0.3 is 0 Å². The molecule has 0 saturated carbocycles. The van der Waals surface area contributed by atoms with Crippen LogP contribution >= 0.6 is 0 Å². The third-order valence-corrected chi connectivity index (χ3v) is 2.33. The number of aromatic hydroxyl groups is 1.